The Labute approximate surface area is 185 Å². The first-order valence-electron chi connectivity index (χ1n) is 10.0. The van der Waals surface area contributed by atoms with Crippen molar-refractivity contribution >= 4 is 17.4 Å². The van der Waals surface area contributed by atoms with Gasteiger partial charge in [0.1, 0.15) is 17.3 Å². The van der Waals surface area contributed by atoms with Gasteiger partial charge in [-0.2, -0.15) is 0 Å². The third-order valence-electron chi connectivity index (χ3n) is 5.49. The highest BCUT2D eigenvalue weighted by Crippen LogP contribution is 2.41. The molecular weight excluding hydrogens is 408 g/mol. The smallest absolute Gasteiger partial charge is 0.295 e. The van der Waals surface area contributed by atoms with E-state index in [2.05, 4.69) is 4.98 Å². The lowest BCUT2D eigenvalue weighted by Crippen LogP contribution is -2.29. The number of benzene rings is 2. The average Bonchev–Trinajstić information content (AvgIpc) is 3.04. The van der Waals surface area contributed by atoms with Crippen LogP contribution in [0.15, 0.2) is 72.6 Å². The van der Waals surface area contributed by atoms with Gasteiger partial charge in [0.25, 0.3) is 11.7 Å². The maximum absolute atomic E-state index is 13.1. The number of ketones is 1. The maximum atomic E-state index is 13.1. The number of Topliss-reactive ketones (excluding diaryl/α,β-unsaturated/α-hetero) is 1. The molecule has 0 aliphatic carbocycles. The van der Waals surface area contributed by atoms with Gasteiger partial charge in [0.2, 0.25) is 0 Å². The summed E-state index contributed by atoms with van der Waals surface area (Å²) in [7, 11) is 1.55. The molecule has 2 heterocycles. The summed E-state index contributed by atoms with van der Waals surface area (Å²) in [5.41, 5.74) is 2.53. The van der Waals surface area contributed by atoms with Crippen LogP contribution in [0.25, 0.3) is 5.76 Å². The van der Waals surface area contributed by atoms with Gasteiger partial charge in [-0.05, 0) is 60.0 Å². The van der Waals surface area contributed by atoms with Crippen molar-refractivity contribution in [2.24, 2.45) is 0 Å². The Morgan fingerprint density at radius 2 is 1.88 bits per heavy atom. The molecule has 162 valence electrons. The molecule has 3 aromatic rings. The predicted octanol–water partition coefficient (Wildman–Crippen LogP) is 3.73. The Balaban J connectivity index is 1.86. The number of ether oxygens (including phenoxy) is 1. The summed E-state index contributed by atoms with van der Waals surface area (Å²) in [6.45, 7) is 1.97. The van der Waals surface area contributed by atoms with Gasteiger partial charge in [0.05, 0.1) is 18.7 Å². The zero-order valence-electron chi connectivity index (χ0n) is 17.6. The van der Waals surface area contributed by atoms with Crippen molar-refractivity contribution in [1.29, 1.82) is 0 Å². The number of methoxy groups -OCH3 is 1. The van der Waals surface area contributed by atoms with Gasteiger partial charge in [-0.25, -0.2) is 0 Å². The molecular formula is C25H22N2O5. The number of pyridine rings is 1. The maximum Gasteiger partial charge on any atom is 0.295 e. The number of phenols is 1. The third kappa shape index (κ3) is 3.80. The van der Waals surface area contributed by atoms with Crippen molar-refractivity contribution in [2.45, 2.75) is 19.5 Å². The molecule has 7 nitrogen and oxygen atoms in total. The molecule has 1 aliphatic heterocycles. The lowest BCUT2D eigenvalue weighted by molar-refractivity contribution is -0.140. The molecule has 0 saturated carbocycles. The first-order chi connectivity index (χ1) is 15.4. The summed E-state index contributed by atoms with van der Waals surface area (Å²) < 4.78 is 5.27. The van der Waals surface area contributed by atoms with Crippen LogP contribution in [0.5, 0.6) is 11.5 Å². The van der Waals surface area contributed by atoms with Crippen LogP contribution in [-0.4, -0.2) is 38.9 Å². The molecule has 1 aromatic heterocycles. The summed E-state index contributed by atoms with van der Waals surface area (Å²) in [5, 5.41) is 20.9. The van der Waals surface area contributed by atoms with Gasteiger partial charge in [-0.3, -0.25) is 14.6 Å². The molecule has 0 bridgehead atoms. The number of aromatic nitrogens is 1. The third-order valence-corrected chi connectivity index (χ3v) is 5.49. The second-order valence-corrected chi connectivity index (χ2v) is 7.56. The summed E-state index contributed by atoms with van der Waals surface area (Å²) >= 11 is 0. The van der Waals surface area contributed by atoms with E-state index in [0.29, 0.717) is 16.9 Å². The SMILES string of the molecule is COc1ccc(/C(O)=C2\C(=O)C(=O)N(Cc3cccnc3)C2c2ccc(O)cc2)cc1C. The van der Waals surface area contributed by atoms with Crippen molar-refractivity contribution in [3.05, 3.63) is 94.8 Å². The summed E-state index contributed by atoms with van der Waals surface area (Å²) in [4.78, 5) is 31.6. The number of aryl methyl sites for hydroxylation is 1. The van der Waals surface area contributed by atoms with E-state index < -0.39 is 17.7 Å². The highest BCUT2D eigenvalue weighted by Gasteiger charge is 2.46. The van der Waals surface area contributed by atoms with Gasteiger partial charge < -0.3 is 19.8 Å². The zero-order valence-corrected chi connectivity index (χ0v) is 17.6. The summed E-state index contributed by atoms with van der Waals surface area (Å²) in [5.74, 6) is -1.03. The van der Waals surface area contributed by atoms with Crippen molar-refractivity contribution in [1.82, 2.24) is 9.88 Å². The number of hydrogen-bond acceptors (Lipinski definition) is 6. The van der Waals surface area contributed by atoms with E-state index in [1.807, 2.05) is 13.0 Å². The second-order valence-electron chi connectivity index (χ2n) is 7.56. The average molecular weight is 430 g/mol. The molecule has 1 atom stereocenters. The van der Waals surface area contributed by atoms with Crippen LogP contribution in [0.2, 0.25) is 0 Å². The Morgan fingerprint density at radius 1 is 1.12 bits per heavy atom. The van der Waals surface area contributed by atoms with Gasteiger partial charge in [0, 0.05) is 24.5 Å². The minimum Gasteiger partial charge on any atom is -0.508 e. The number of aliphatic hydroxyl groups excluding tert-OH is 1. The van der Waals surface area contributed by atoms with Gasteiger partial charge in [-0.15, -0.1) is 0 Å². The number of phenolic OH excluding ortho intramolecular Hbond substituents is 1. The number of aliphatic hydroxyl groups is 1. The first kappa shape index (κ1) is 21.1. The van der Waals surface area contributed by atoms with E-state index in [1.165, 1.54) is 17.0 Å². The van der Waals surface area contributed by atoms with Crippen molar-refractivity contribution < 1.29 is 24.5 Å². The van der Waals surface area contributed by atoms with Crippen LogP contribution in [0.3, 0.4) is 0 Å². The zero-order chi connectivity index (χ0) is 22.8. The van der Waals surface area contributed by atoms with E-state index >= 15 is 0 Å². The molecule has 1 aliphatic rings. The number of aromatic hydroxyl groups is 1. The molecule has 1 amide bonds. The minimum absolute atomic E-state index is 0.00542. The highest BCUT2D eigenvalue weighted by atomic mass is 16.5. The van der Waals surface area contributed by atoms with Crippen molar-refractivity contribution in [2.75, 3.05) is 7.11 Å². The fourth-order valence-corrected chi connectivity index (χ4v) is 3.92. The molecule has 1 fully saturated rings. The number of rotatable bonds is 5. The van der Waals surface area contributed by atoms with E-state index in [-0.39, 0.29) is 23.6 Å². The standard InChI is InChI=1S/C25H22N2O5/c1-15-12-18(7-10-20(15)32-2)23(29)21-22(17-5-8-19(28)9-6-17)27(25(31)24(21)30)14-16-4-3-11-26-13-16/h3-13,22,28-29H,14H2,1-2H3/b23-21+. The molecule has 0 spiro atoms. The molecule has 4 rings (SSSR count). The quantitative estimate of drug-likeness (QED) is 0.364. The normalized spacial score (nSPS) is 17.6. The number of likely N-dealkylation sites (tertiary alicyclic amines) is 1. The van der Waals surface area contributed by atoms with E-state index in [1.54, 1.807) is 55.9 Å². The van der Waals surface area contributed by atoms with Crippen LogP contribution in [-0.2, 0) is 16.1 Å². The number of carbonyl (C=O) groups excluding carboxylic acids is 2. The fraction of sp³-hybridized carbons (Fsp3) is 0.160. The monoisotopic (exact) mass is 430 g/mol. The Bertz CT molecular complexity index is 1200. The fourth-order valence-electron chi connectivity index (χ4n) is 3.92. The lowest BCUT2D eigenvalue weighted by Gasteiger charge is -2.25. The molecule has 7 heteroatoms. The topological polar surface area (TPSA) is 100.0 Å². The van der Waals surface area contributed by atoms with E-state index in [0.717, 1.165) is 11.1 Å². The Morgan fingerprint density at radius 3 is 2.50 bits per heavy atom. The Kier molecular flexibility index (Phi) is 5.64. The molecule has 1 unspecified atom stereocenters. The molecule has 0 radical (unpaired) electrons. The number of nitrogens with zero attached hydrogens (tertiary/aromatic N) is 2. The molecule has 2 aromatic carbocycles. The summed E-state index contributed by atoms with van der Waals surface area (Å²) in [6.07, 6.45) is 3.25. The molecule has 1 saturated heterocycles. The van der Waals surface area contributed by atoms with Crippen LogP contribution >= 0.6 is 0 Å². The largest absolute Gasteiger partial charge is 0.508 e. The number of amides is 1. The van der Waals surface area contributed by atoms with Crippen LogP contribution in [0.1, 0.15) is 28.3 Å². The van der Waals surface area contributed by atoms with Crippen molar-refractivity contribution in [3.8, 4) is 11.5 Å². The van der Waals surface area contributed by atoms with Crippen molar-refractivity contribution in [3.63, 3.8) is 0 Å². The number of hydrogen-bond donors (Lipinski definition) is 2. The molecule has 32 heavy (non-hydrogen) atoms. The Hall–Kier alpha value is -4.13. The second kappa shape index (κ2) is 8.55. The molecule has 2 N–H and O–H groups in total. The lowest BCUT2D eigenvalue weighted by atomic mass is 9.94. The van der Waals surface area contributed by atoms with Crippen LogP contribution in [0, 0.1) is 6.92 Å². The highest BCUT2D eigenvalue weighted by molar-refractivity contribution is 6.46. The first-order valence-corrected chi connectivity index (χ1v) is 10.0. The van der Waals surface area contributed by atoms with Gasteiger partial charge in [0.15, 0.2) is 0 Å². The number of carbonyl (C=O) groups is 2. The summed E-state index contributed by atoms with van der Waals surface area (Å²) in [6, 6.07) is 14.0. The predicted molar refractivity (Wildman–Crippen MR) is 118 cm³/mol. The van der Waals surface area contributed by atoms with E-state index in [9.17, 15) is 19.8 Å². The van der Waals surface area contributed by atoms with Crippen LogP contribution in [0.4, 0.5) is 0 Å². The van der Waals surface area contributed by atoms with Gasteiger partial charge in [-0.1, -0.05) is 18.2 Å². The van der Waals surface area contributed by atoms with E-state index in [4.69, 9.17) is 4.74 Å². The van der Waals surface area contributed by atoms with Gasteiger partial charge >= 0.3 is 0 Å². The van der Waals surface area contributed by atoms with Crippen LogP contribution < -0.4 is 4.74 Å². The minimum atomic E-state index is -0.821.